The second-order valence-electron chi connectivity index (χ2n) is 4.40. The Morgan fingerprint density at radius 2 is 1.53 bits per heavy atom. The maximum absolute atomic E-state index is 3.35. The van der Waals surface area contributed by atoms with Crippen LogP contribution < -0.4 is 0 Å². The summed E-state index contributed by atoms with van der Waals surface area (Å²) in [7, 11) is 0. The summed E-state index contributed by atoms with van der Waals surface area (Å²) in [6.45, 7) is 0. The number of aromatic amines is 1. The van der Waals surface area contributed by atoms with Gasteiger partial charge in [-0.1, -0.05) is 42.5 Å². The van der Waals surface area contributed by atoms with Crippen molar-refractivity contribution in [3.05, 3.63) is 60.8 Å². The van der Waals surface area contributed by atoms with Gasteiger partial charge in [-0.25, -0.2) is 0 Å². The molecule has 0 unspecified atom stereocenters. The van der Waals surface area contributed by atoms with Gasteiger partial charge in [-0.2, -0.15) is 0 Å². The van der Waals surface area contributed by atoms with E-state index >= 15 is 0 Å². The topological polar surface area (TPSA) is 15.8 Å². The van der Waals surface area contributed by atoms with E-state index in [-0.39, 0.29) is 0 Å². The van der Waals surface area contributed by atoms with Crippen LogP contribution in [0.4, 0.5) is 0 Å². The van der Waals surface area contributed by atoms with Gasteiger partial charge < -0.3 is 4.98 Å². The monoisotopic (exact) mass is 217 g/mol. The van der Waals surface area contributed by atoms with Crippen LogP contribution in [0.2, 0.25) is 0 Å². The average molecular weight is 217 g/mol. The summed E-state index contributed by atoms with van der Waals surface area (Å²) in [6.07, 6.45) is 2.09. The highest BCUT2D eigenvalue weighted by Gasteiger charge is 2.12. The highest BCUT2D eigenvalue weighted by atomic mass is 14.7. The molecule has 0 fully saturated rings. The number of pyridine rings is 1. The van der Waals surface area contributed by atoms with E-state index < -0.39 is 0 Å². The molecule has 2 aromatic carbocycles. The van der Waals surface area contributed by atoms with Gasteiger partial charge in [-0.05, 0) is 28.5 Å². The Hall–Kier alpha value is -2.28. The molecule has 0 bridgehead atoms. The number of nitrogens with one attached hydrogen (secondary N) is 1. The Morgan fingerprint density at radius 3 is 2.47 bits per heavy atom. The van der Waals surface area contributed by atoms with E-state index in [0.717, 1.165) is 0 Å². The lowest BCUT2D eigenvalue weighted by atomic mass is 10.0. The number of H-pyrrole nitrogens is 1. The minimum absolute atomic E-state index is 1.19. The van der Waals surface area contributed by atoms with E-state index in [2.05, 4.69) is 65.8 Å². The van der Waals surface area contributed by atoms with Gasteiger partial charge in [-0.3, -0.25) is 0 Å². The first-order chi connectivity index (χ1) is 8.43. The Morgan fingerprint density at radius 1 is 0.765 bits per heavy atom. The summed E-state index contributed by atoms with van der Waals surface area (Å²) in [4.78, 5) is 3.35. The van der Waals surface area contributed by atoms with Crippen LogP contribution in [0.25, 0.3) is 32.8 Å². The van der Waals surface area contributed by atoms with E-state index in [1.807, 2.05) is 0 Å². The molecule has 1 aliphatic carbocycles. The molecule has 0 saturated carbocycles. The van der Waals surface area contributed by atoms with Crippen molar-refractivity contribution >= 4 is 21.7 Å². The quantitative estimate of drug-likeness (QED) is 0.448. The molecule has 2 aromatic rings. The first kappa shape index (κ1) is 8.82. The number of benzene rings is 2. The molecule has 0 radical (unpaired) electrons. The van der Waals surface area contributed by atoms with Crippen LogP contribution >= 0.6 is 0 Å². The summed E-state index contributed by atoms with van der Waals surface area (Å²) in [5.74, 6) is 0. The van der Waals surface area contributed by atoms with Crippen LogP contribution in [-0.2, 0) is 0 Å². The summed E-state index contributed by atoms with van der Waals surface area (Å²) >= 11 is 0. The molecule has 1 heterocycles. The summed E-state index contributed by atoms with van der Waals surface area (Å²) < 4.78 is 0. The average Bonchev–Trinajstić information content (AvgIpc) is 2.77. The summed E-state index contributed by atoms with van der Waals surface area (Å²) in [5, 5.41) is 3.95. The van der Waals surface area contributed by atoms with E-state index in [4.69, 9.17) is 0 Å². The highest BCUT2D eigenvalue weighted by Crippen LogP contribution is 2.38. The number of hydrogen-bond acceptors (Lipinski definition) is 0. The molecular formula is C16H11N. The molecule has 1 aliphatic heterocycles. The third-order valence-electron chi connectivity index (χ3n) is 3.41. The normalized spacial score (nSPS) is 11.5. The maximum atomic E-state index is 3.35. The number of para-hydroxylation sites is 1. The third kappa shape index (κ3) is 1.14. The Kier molecular flexibility index (Phi) is 1.61. The zero-order valence-corrected chi connectivity index (χ0v) is 9.27. The number of aromatic nitrogens is 1. The van der Waals surface area contributed by atoms with Crippen molar-refractivity contribution in [3.63, 3.8) is 0 Å². The van der Waals surface area contributed by atoms with Gasteiger partial charge in [-0.15, -0.1) is 0 Å². The van der Waals surface area contributed by atoms with E-state index in [1.54, 1.807) is 0 Å². The molecule has 17 heavy (non-hydrogen) atoms. The minimum atomic E-state index is 1.19. The molecule has 1 nitrogen and oxygen atoms in total. The van der Waals surface area contributed by atoms with Gasteiger partial charge in [0.2, 0.25) is 0 Å². The molecule has 1 N–H and O–H groups in total. The van der Waals surface area contributed by atoms with Crippen LogP contribution in [0.5, 0.6) is 0 Å². The molecule has 1 heteroatoms. The molecular weight excluding hydrogens is 206 g/mol. The molecule has 80 valence electrons. The van der Waals surface area contributed by atoms with E-state index in [0.29, 0.717) is 0 Å². The Labute approximate surface area is 99.0 Å². The minimum Gasteiger partial charge on any atom is -0.361 e. The van der Waals surface area contributed by atoms with Gasteiger partial charge >= 0.3 is 0 Å². The number of fused-ring (bicyclic) bond motifs is 5. The van der Waals surface area contributed by atoms with Gasteiger partial charge in [0.25, 0.3) is 0 Å². The predicted molar refractivity (Wildman–Crippen MR) is 72.4 cm³/mol. The van der Waals surface area contributed by atoms with Gasteiger partial charge in [0.15, 0.2) is 0 Å². The second-order valence-corrected chi connectivity index (χ2v) is 4.40. The number of rotatable bonds is 0. The van der Waals surface area contributed by atoms with Crippen molar-refractivity contribution in [2.24, 2.45) is 0 Å². The summed E-state index contributed by atoms with van der Waals surface area (Å²) in [6, 6.07) is 19.3. The van der Waals surface area contributed by atoms with E-state index in [1.165, 1.54) is 32.8 Å². The van der Waals surface area contributed by atoms with Crippen molar-refractivity contribution in [3.8, 4) is 11.1 Å². The Balaban J connectivity index is 2.33. The van der Waals surface area contributed by atoms with Crippen molar-refractivity contribution in [2.75, 3.05) is 0 Å². The molecule has 0 saturated heterocycles. The van der Waals surface area contributed by atoms with E-state index in [9.17, 15) is 0 Å². The standard InChI is InChI=1S/C16H11N/c1-2-6-13-11(5-1)9-12-10-17-15-8-4-3-7-14(15)16(12)13/h1-10,17H. The highest BCUT2D eigenvalue weighted by molar-refractivity contribution is 6.12. The van der Waals surface area contributed by atoms with Gasteiger partial charge in [0, 0.05) is 22.7 Å². The first-order valence-corrected chi connectivity index (χ1v) is 5.81. The SMILES string of the molecule is c1ccc2c3c4ccccc4[nH]cc-3cc2c1. The molecule has 0 spiro atoms. The fourth-order valence-corrected chi connectivity index (χ4v) is 2.64. The van der Waals surface area contributed by atoms with Crippen LogP contribution in [0.1, 0.15) is 0 Å². The smallest absolute Gasteiger partial charge is 0.0460 e. The van der Waals surface area contributed by atoms with Crippen molar-refractivity contribution in [1.29, 1.82) is 0 Å². The molecule has 0 aromatic heterocycles. The number of hydrogen-bond donors (Lipinski definition) is 1. The van der Waals surface area contributed by atoms with Crippen LogP contribution in [0, 0.1) is 0 Å². The zero-order valence-electron chi connectivity index (χ0n) is 9.27. The Bertz CT molecular complexity index is 789. The second kappa shape index (κ2) is 3.11. The third-order valence-corrected chi connectivity index (χ3v) is 3.41. The molecule has 0 amide bonds. The first-order valence-electron chi connectivity index (χ1n) is 5.81. The molecule has 2 aliphatic rings. The lowest BCUT2D eigenvalue weighted by Gasteiger charge is -2.05. The lowest BCUT2D eigenvalue weighted by molar-refractivity contribution is 1.42. The van der Waals surface area contributed by atoms with Crippen molar-refractivity contribution < 1.29 is 0 Å². The van der Waals surface area contributed by atoms with Crippen molar-refractivity contribution in [1.82, 2.24) is 4.98 Å². The van der Waals surface area contributed by atoms with Crippen molar-refractivity contribution in [2.45, 2.75) is 0 Å². The fraction of sp³-hybridized carbons (Fsp3) is 0. The molecule has 0 atom stereocenters. The lowest BCUT2D eigenvalue weighted by Crippen LogP contribution is -1.82. The largest absolute Gasteiger partial charge is 0.361 e. The predicted octanol–water partition coefficient (Wildman–Crippen LogP) is 4.43. The van der Waals surface area contributed by atoms with Crippen LogP contribution in [0.3, 0.4) is 0 Å². The van der Waals surface area contributed by atoms with Crippen LogP contribution in [0.15, 0.2) is 60.8 Å². The van der Waals surface area contributed by atoms with Crippen LogP contribution in [-0.4, -0.2) is 4.98 Å². The molecule has 4 rings (SSSR count). The van der Waals surface area contributed by atoms with Gasteiger partial charge in [0.05, 0.1) is 0 Å². The zero-order chi connectivity index (χ0) is 11.2. The summed E-state index contributed by atoms with van der Waals surface area (Å²) in [5.41, 5.74) is 3.83. The van der Waals surface area contributed by atoms with Gasteiger partial charge in [0.1, 0.15) is 0 Å². The maximum Gasteiger partial charge on any atom is 0.0460 e. The fourth-order valence-electron chi connectivity index (χ4n) is 2.64.